The molecule has 3 amide bonds. The summed E-state index contributed by atoms with van der Waals surface area (Å²) in [4.78, 5) is 44.3. The molecule has 0 aromatic heterocycles. The molecule has 0 radical (unpaired) electrons. The predicted molar refractivity (Wildman–Crippen MR) is 113 cm³/mol. The van der Waals surface area contributed by atoms with Crippen molar-refractivity contribution in [1.29, 1.82) is 0 Å². The highest BCUT2D eigenvalue weighted by molar-refractivity contribution is 5.98. The van der Waals surface area contributed by atoms with E-state index in [1.807, 2.05) is 11.9 Å². The summed E-state index contributed by atoms with van der Waals surface area (Å²) in [5.41, 5.74) is -0.533. The van der Waals surface area contributed by atoms with Crippen LogP contribution < -0.4 is 14.8 Å². The maximum atomic E-state index is 13.0. The van der Waals surface area contributed by atoms with E-state index in [9.17, 15) is 14.4 Å². The van der Waals surface area contributed by atoms with Crippen molar-refractivity contribution in [3.05, 3.63) is 23.8 Å². The van der Waals surface area contributed by atoms with Crippen LogP contribution in [0.3, 0.4) is 0 Å². The minimum atomic E-state index is -0.975. The van der Waals surface area contributed by atoms with Gasteiger partial charge in [-0.3, -0.25) is 14.4 Å². The molecule has 31 heavy (non-hydrogen) atoms. The van der Waals surface area contributed by atoms with Crippen LogP contribution in [0.1, 0.15) is 36.5 Å². The van der Waals surface area contributed by atoms with Crippen molar-refractivity contribution >= 4 is 17.7 Å². The molecule has 1 spiro atoms. The van der Waals surface area contributed by atoms with Gasteiger partial charge in [-0.1, -0.05) is 0 Å². The molecule has 1 aromatic carbocycles. The normalized spacial score (nSPS) is 25.4. The van der Waals surface area contributed by atoms with Crippen molar-refractivity contribution < 1.29 is 23.9 Å². The number of hydrogen-bond acceptors (Lipinski definition) is 6. The van der Waals surface area contributed by atoms with Crippen LogP contribution in [0.2, 0.25) is 0 Å². The molecule has 2 unspecified atom stereocenters. The van der Waals surface area contributed by atoms with Crippen LogP contribution in [0.15, 0.2) is 18.2 Å². The Kier molecular flexibility index (Phi) is 5.79. The smallest absolute Gasteiger partial charge is 0.258 e. The quantitative estimate of drug-likeness (QED) is 0.759. The minimum Gasteiger partial charge on any atom is -0.497 e. The van der Waals surface area contributed by atoms with Crippen LogP contribution in [-0.4, -0.2) is 91.1 Å². The Hall–Kier alpha value is -2.81. The van der Waals surface area contributed by atoms with E-state index in [0.717, 1.165) is 13.1 Å². The molecule has 168 valence electrons. The summed E-state index contributed by atoms with van der Waals surface area (Å²) in [5, 5.41) is 2.96. The Morgan fingerprint density at radius 1 is 1.16 bits per heavy atom. The summed E-state index contributed by atoms with van der Waals surface area (Å²) in [6.07, 6.45) is 0.946. The fourth-order valence-corrected chi connectivity index (χ4v) is 4.48. The Balaban J connectivity index is 1.48. The van der Waals surface area contributed by atoms with Gasteiger partial charge < -0.3 is 29.5 Å². The van der Waals surface area contributed by atoms with Crippen molar-refractivity contribution in [3.8, 4) is 11.5 Å². The molecule has 9 nitrogen and oxygen atoms in total. The molecule has 3 aliphatic heterocycles. The first kappa shape index (κ1) is 21.4. The number of ether oxygens (including phenoxy) is 2. The van der Waals surface area contributed by atoms with Gasteiger partial charge in [-0.2, -0.15) is 0 Å². The molecule has 4 rings (SSSR count). The lowest BCUT2D eigenvalue weighted by Gasteiger charge is -2.39. The monoisotopic (exact) mass is 430 g/mol. The fraction of sp³-hybridized carbons (Fsp3) is 0.591. The number of carbonyl (C=O) groups excluding carboxylic acids is 3. The summed E-state index contributed by atoms with van der Waals surface area (Å²) in [7, 11) is 3.59. The molecule has 2 atom stereocenters. The molecular weight excluding hydrogens is 400 g/mol. The summed E-state index contributed by atoms with van der Waals surface area (Å²) >= 11 is 0. The van der Waals surface area contributed by atoms with Crippen LogP contribution in [0.5, 0.6) is 11.5 Å². The molecule has 2 fully saturated rings. The third-order valence-corrected chi connectivity index (χ3v) is 6.54. The number of nitrogens with one attached hydrogen (secondary N) is 1. The number of fused-ring (bicyclic) bond motifs is 1. The van der Waals surface area contributed by atoms with Crippen LogP contribution >= 0.6 is 0 Å². The molecule has 0 saturated carbocycles. The van der Waals surface area contributed by atoms with Gasteiger partial charge in [0.15, 0.2) is 5.72 Å². The standard InChI is InChI=1S/C22H30N4O5/c1-15(21(29)25-12-10-24(2)11-13-25)26-9-8-22(7-6-19(26)27)23-20(28)17-5-4-16(30-3)14-18(17)31-22/h4-5,14-15H,6-13H2,1-3H3,(H,23,28). The Bertz CT molecular complexity index is 883. The van der Waals surface area contributed by atoms with E-state index in [4.69, 9.17) is 9.47 Å². The zero-order valence-corrected chi connectivity index (χ0v) is 18.3. The number of carbonyl (C=O) groups is 3. The average molecular weight is 431 g/mol. The highest BCUT2D eigenvalue weighted by Crippen LogP contribution is 2.36. The first-order chi connectivity index (χ1) is 14.8. The van der Waals surface area contributed by atoms with Gasteiger partial charge in [0, 0.05) is 58.1 Å². The second kappa shape index (κ2) is 8.37. The summed E-state index contributed by atoms with van der Waals surface area (Å²) in [6, 6.07) is 4.53. The van der Waals surface area contributed by atoms with Gasteiger partial charge in [-0.05, 0) is 26.1 Å². The summed E-state index contributed by atoms with van der Waals surface area (Å²) in [6.45, 7) is 5.12. The third-order valence-electron chi connectivity index (χ3n) is 6.54. The molecule has 2 saturated heterocycles. The lowest BCUT2D eigenvalue weighted by atomic mass is 10.00. The Morgan fingerprint density at radius 3 is 2.61 bits per heavy atom. The van der Waals surface area contributed by atoms with Gasteiger partial charge in [-0.25, -0.2) is 0 Å². The maximum absolute atomic E-state index is 13.0. The zero-order chi connectivity index (χ0) is 22.2. The molecular formula is C22H30N4O5. The second-order valence-electron chi connectivity index (χ2n) is 8.55. The largest absolute Gasteiger partial charge is 0.497 e. The van der Waals surface area contributed by atoms with E-state index in [1.54, 1.807) is 37.1 Å². The van der Waals surface area contributed by atoms with Gasteiger partial charge in [0.1, 0.15) is 17.5 Å². The van der Waals surface area contributed by atoms with Crippen molar-refractivity contribution in [1.82, 2.24) is 20.0 Å². The van der Waals surface area contributed by atoms with E-state index < -0.39 is 11.8 Å². The Labute approximate surface area is 182 Å². The highest BCUT2D eigenvalue weighted by atomic mass is 16.5. The first-order valence-corrected chi connectivity index (χ1v) is 10.8. The van der Waals surface area contributed by atoms with Gasteiger partial charge in [0.2, 0.25) is 11.8 Å². The van der Waals surface area contributed by atoms with E-state index in [1.165, 1.54) is 0 Å². The Morgan fingerprint density at radius 2 is 1.90 bits per heavy atom. The van der Waals surface area contributed by atoms with Crippen molar-refractivity contribution in [2.45, 2.75) is 38.0 Å². The molecule has 0 bridgehead atoms. The number of methoxy groups -OCH3 is 1. The molecule has 3 heterocycles. The summed E-state index contributed by atoms with van der Waals surface area (Å²) < 4.78 is 11.5. The fourth-order valence-electron chi connectivity index (χ4n) is 4.48. The molecule has 1 N–H and O–H groups in total. The lowest BCUT2D eigenvalue weighted by Crippen LogP contribution is -2.57. The van der Waals surface area contributed by atoms with Crippen LogP contribution in [0.4, 0.5) is 0 Å². The molecule has 9 heteroatoms. The SMILES string of the molecule is COc1ccc2c(c1)OC1(CCC(=O)N(C(C)C(=O)N3CCN(C)CC3)CC1)NC2=O. The van der Waals surface area contributed by atoms with Crippen molar-refractivity contribution in [2.24, 2.45) is 0 Å². The molecule has 0 aliphatic carbocycles. The maximum Gasteiger partial charge on any atom is 0.258 e. The second-order valence-corrected chi connectivity index (χ2v) is 8.55. The van der Waals surface area contributed by atoms with Gasteiger partial charge in [0.25, 0.3) is 5.91 Å². The number of hydrogen-bond donors (Lipinski definition) is 1. The van der Waals surface area contributed by atoms with Gasteiger partial charge in [-0.15, -0.1) is 0 Å². The number of amides is 3. The van der Waals surface area contributed by atoms with Crippen molar-refractivity contribution in [3.63, 3.8) is 0 Å². The number of rotatable bonds is 3. The lowest BCUT2D eigenvalue weighted by molar-refractivity contribution is -0.145. The highest BCUT2D eigenvalue weighted by Gasteiger charge is 2.44. The summed E-state index contributed by atoms with van der Waals surface area (Å²) in [5.74, 6) is 0.695. The zero-order valence-electron chi connectivity index (χ0n) is 18.3. The minimum absolute atomic E-state index is 0.0268. The third kappa shape index (κ3) is 4.19. The number of piperazine rings is 1. The number of benzene rings is 1. The van der Waals surface area contributed by atoms with E-state index in [-0.39, 0.29) is 24.1 Å². The molecule has 1 aromatic rings. The van der Waals surface area contributed by atoms with E-state index in [2.05, 4.69) is 10.2 Å². The number of likely N-dealkylation sites (N-methyl/N-ethyl adjacent to an activating group) is 1. The van der Waals surface area contributed by atoms with Crippen molar-refractivity contribution in [2.75, 3.05) is 46.9 Å². The van der Waals surface area contributed by atoms with Crippen LogP contribution in [0.25, 0.3) is 0 Å². The van der Waals surface area contributed by atoms with Gasteiger partial charge >= 0.3 is 0 Å². The predicted octanol–water partition coefficient (Wildman–Crippen LogP) is 0.689. The average Bonchev–Trinajstić information content (AvgIpc) is 2.92. The first-order valence-electron chi connectivity index (χ1n) is 10.8. The van der Waals surface area contributed by atoms with Gasteiger partial charge in [0.05, 0.1) is 12.7 Å². The molecule has 3 aliphatic rings. The van der Waals surface area contributed by atoms with Crippen LogP contribution in [-0.2, 0) is 9.59 Å². The van der Waals surface area contributed by atoms with E-state index >= 15 is 0 Å². The number of likely N-dealkylation sites (tertiary alicyclic amines) is 1. The van der Waals surface area contributed by atoms with E-state index in [0.29, 0.717) is 49.5 Å². The topological polar surface area (TPSA) is 91.4 Å². The van der Waals surface area contributed by atoms with Crippen LogP contribution in [0, 0.1) is 0 Å². The number of nitrogens with zero attached hydrogens (tertiary/aromatic N) is 3.